The summed E-state index contributed by atoms with van der Waals surface area (Å²) in [5.41, 5.74) is -0.643. The predicted molar refractivity (Wildman–Crippen MR) is 65.0 cm³/mol. The van der Waals surface area contributed by atoms with Gasteiger partial charge in [0, 0.05) is 26.6 Å². The quantitative estimate of drug-likeness (QED) is 0.597. The number of hydrogen-bond acceptors (Lipinski definition) is 3. The third-order valence-corrected chi connectivity index (χ3v) is 3.74. The third kappa shape index (κ3) is 2.27. The molecule has 0 radical (unpaired) electrons. The number of carbonyl (C=O) groups excluding carboxylic acids is 1. The average Bonchev–Trinajstić information content (AvgIpc) is 2.64. The van der Waals surface area contributed by atoms with Gasteiger partial charge < -0.3 is 9.30 Å². The van der Waals surface area contributed by atoms with E-state index in [4.69, 9.17) is 4.74 Å². The summed E-state index contributed by atoms with van der Waals surface area (Å²) in [5.74, 6) is 0.545. The van der Waals surface area contributed by atoms with E-state index in [-0.39, 0.29) is 5.78 Å². The number of carbonyl (C=O) groups is 1. The van der Waals surface area contributed by atoms with Gasteiger partial charge in [0.2, 0.25) is 5.78 Å². The molecule has 0 aromatic carbocycles. The van der Waals surface area contributed by atoms with E-state index in [2.05, 4.69) is 4.98 Å². The highest BCUT2D eigenvalue weighted by molar-refractivity contribution is 5.99. The number of Topliss-reactive ketones (excluding diaryl/α,β-unsaturated/α-hetero) is 1. The van der Waals surface area contributed by atoms with Crippen LogP contribution in [0.4, 0.5) is 0 Å². The normalized spacial score (nSPS) is 19.9. The Bertz CT molecular complexity index is 390. The van der Waals surface area contributed by atoms with Gasteiger partial charge in [0.05, 0.1) is 0 Å². The van der Waals surface area contributed by atoms with Crippen LogP contribution in [-0.4, -0.2) is 28.0 Å². The van der Waals surface area contributed by atoms with Crippen LogP contribution in [0.1, 0.15) is 49.1 Å². The molecule has 2 rings (SSSR count). The molecule has 1 heterocycles. The molecule has 4 heteroatoms. The van der Waals surface area contributed by atoms with Crippen molar-refractivity contribution in [1.29, 1.82) is 0 Å². The third-order valence-electron chi connectivity index (χ3n) is 3.74. The summed E-state index contributed by atoms with van der Waals surface area (Å²) in [4.78, 5) is 16.7. The lowest BCUT2D eigenvalue weighted by Crippen LogP contribution is -2.41. The monoisotopic (exact) mass is 236 g/mol. The molecule has 0 spiro atoms. The van der Waals surface area contributed by atoms with Crippen LogP contribution in [0.2, 0.25) is 0 Å². The molecule has 94 valence electrons. The molecule has 0 saturated heterocycles. The van der Waals surface area contributed by atoms with Gasteiger partial charge in [-0.3, -0.25) is 4.79 Å². The Balaban J connectivity index is 2.28. The highest BCUT2D eigenvalue weighted by Gasteiger charge is 2.40. The second kappa shape index (κ2) is 5.00. The molecular weight excluding hydrogens is 216 g/mol. The van der Waals surface area contributed by atoms with Crippen molar-refractivity contribution >= 4 is 5.78 Å². The molecule has 1 saturated carbocycles. The molecule has 0 aliphatic heterocycles. The van der Waals surface area contributed by atoms with Crippen molar-refractivity contribution in [3.63, 3.8) is 0 Å². The Morgan fingerprint density at radius 2 is 2.00 bits per heavy atom. The smallest absolute Gasteiger partial charge is 0.229 e. The molecule has 0 unspecified atom stereocenters. The molecule has 1 aromatic rings. The van der Waals surface area contributed by atoms with Crippen molar-refractivity contribution in [3.05, 3.63) is 18.2 Å². The van der Waals surface area contributed by atoms with Crippen molar-refractivity contribution in [2.45, 2.75) is 44.1 Å². The first kappa shape index (κ1) is 12.3. The minimum absolute atomic E-state index is 0.0365. The van der Waals surface area contributed by atoms with Crippen LogP contribution in [0.25, 0.3) is 0 Å². The van der Waals surface area contributed by atoms with Crippen LogP contribution < -0.4 is 0 Å². The summed E-state index contributed by atoms with van der Waals surface area (Å²) in [6, 6.07) is 0. The molecule has 17 heavy (non-hydrogen) atoms. The molecule has 1 aliphatic carbocycles. The summed E-state index contributed by atoms with van der Waals surface area (Å²) in [6.45, 7) is 0. The van der Waals surface area contributed by atoms with Gasteiger partial charge in [-0.25, -0.2) is 4.98 Å². The molecule has 0 atom stereocenters. The number of ether oxygens (including phenoxy) is 1. The van der Waals surface area contributed by atoms with Crippen molar-refractivity contribution in [3.8, 4) is 0 Å². The minimum Gasteiger partial charge on any atom is -0.370 e. The number of aryl methyl sites for hydroxylation is 1. The van der Waals surface area contributed by atoms with E-state index < -0.39 is 5.60 Å². The van der Waals surface area contributed by atoms with E-state index in [1.807, 2.05) is 7.05 Å². The van der Waals surface area contributed by atoms with Crippen LogP contribution >= 0.6 is 0 Å². The van der Waals surface area contributed by atoms with Gasteiger partial charge in [-0.15, -0.1) is 0 Å². The zero-order chi connectivity index (χ0) is 12.3. The first-order chi connectivity index (χ1) is 8.19. The summed E-state index contributed by atoms with van der Waals surface area (Å²) < 4.78 is 7.37. The van der Waals surface area contributed by atoms with E-state index in [0.717, 1.165) is 25.7 Å². The largest absolute Gasteiger partial charge is 0.370 e. The number of imidazole rings is 1. The van der Waals surface area contributed by atoms with Crippen molar-refractivity contribution in [2.75, 3.05) is 7.11 Å². The fraction of sp³-hybridized carbons (Fsp3) is 0.692. The highest BCUT2D eigenvalue weighted by atomic mass is 16.5. The number of ketones is 1. The van der Waals surface area contributed by atoms with E-state index in [0.29, 0.717) is 5.82 Å². The molecule has 0 amide bonds. The molecule has 4 nitrogen and oxygen atoms in total. The van der Waals surface area contributed by atoms with E-state index >= 15 is 0 Å². The van der Waals surface area contributed by atoms with E-state index in [1.165, 1.54) is 12.8 Å². The lowest BCUT2D eigenvalue weighted by molar-refractivity contribution is -0.00798. The topological polar surface area (TPSA) is 44.1 Å². The van der Waals surface area contributed by atoms with Gasteiger partial charge in [0.15, 0.2) is 5.82 Å². The number of aromatic nitrogens is 2. The van der Waals surface area contributed by atoms with Gasteiger partial charge in [-0.2, -0.15) is 0 Å². The Hall–Kier alpha value is -1.16. The van der Waals surface area contributed by atoms with Crippen LogP contribution in [0.3, 0.4) is 0 Å². The first-order valence-corrected chi connectivity index (χ1v) is 6.27. The summed E-state index contributed by atoms with van der Waals surface area (Å²) in [6.07, 6.45) is 9.59. The van der Waals surface area contributed by atoms with Crippen molar-refractivity contribution in [2.24, 2.45) is 7.05 Å². The fourth-order valence-corrected chi connectivity index (χ4v) is 2.61. The van der Waals surface area contributed by atoms with Gasteiger partial charge in [-0.05, 0) is 12.8 Å². The maximum absolute atomic E-state index is 12.6. The molecule has 0 bridgehead atoms. The second-order valence-electron chi connectivity index (χ2n) is 4.80. The zero-order valence-corrected chi connectivity index (χ0v) is 10.6. The number of nitrogens with zero attached hydrogens (tertiary/aromatic N) is 2. The van der Waals surface area contributed by atoms with Crippen molar-refractivity contribution in [1.82, 2.24) is 9.55 Å². The Morgan fingerprint density at radius 3 is 2.47 bits per heavy atom. The standard InChI is InChI=1S/C13H20N2O2/c1-15-10-9-14-12(15)11(16)13(17-2)7-5-3-4-6-8-13/h9-10H,3-8H2,1-2H3. The lowest BCUT2D eigenvalue weighted by Gasteiger charge is -2.29. The van der Waals surface area contributed by atoms with Gasteiger partial charge in [0.25, 0.3) is 0 Å². The summed E-state index contributed by atoms with van der Waals surface area (Å²) in [5, 5.41) is 0. The lowest BCUT2D eigenvalue weighted by atomic mass is 9.89. The van der Waals surface area contributed by atoms with Gasteiger partial charge in [-0.1, -0.05) is 25.7 Å². The molecular formula is C13H20N2O2. The van der Waals surface area contributed by atoms with Crippen LogP contribution in [-0.2, 0) is 11.8 Å². The molecule has 0 N–H and O–H groups in total. The number of hydrogen-bond donors (Lipinski definition) is 0. The second-order valence-corrected chi connectivity index (χ2v) is 4.80. The van der Waals surface area contributed by atoms with Crippen molar-refractivity contribution < 1.29 is 9.53 Å². The zero-order valence-electron chi connectivity index (χ0n) is 10.6. The Kier molecular flexibility index (Phi) is 3.62. The first-order valence-electron chi connectivity index (χ1n) is 6.27. The van der Waals surface area contributed by atoms with E-state index in [9.17, 15) is 4.79 Å². The fourth-order valence-electron chi connectivity index (χ4n) is 2.61. The van der Waals surface area contributed by atoms with E-state index in [1.54, 1.807) is 24.1 Å². The average molecular weight is 236 g/mol. The molecule has 1 aliphatic rings. The molecule has 1 aromatic heterocycles. The maximum atomic E-state index is 12.6. The molecule has 1 fully saturated rings. The van der Waals surface area contributed by atoms with Crippen LogP contribution in [0, 0.1) is 0 Å². The summed E-state index contributed by atoms with van der Waals surface area (Å²) >= 11 is 0. The van der Waals surface area contributed by atoms with Crippen LogP contribution in [0.5, 0.6) is 0 Å². The Labute approximate surface area is 102 Å². The number of rotatable bonds is 3. The predicted octanol–water partition coefficient (Wildman–Crippen LogP) is 2.34. The maximum Gasteiger partial charge on any atom is 0.229 e. The van der Waals surface area contributed by atoms with Gasteiger partial charge in [0.1, 0.15) is 5.60 Å². The van der Waals surface area contributed by atoms with Crippen LogP contribution in [0.15, 0.2) is 12.4 Å². The SMILES string of the molecule is COC1(C(=O)c2nccn2C)CCCCCC1. The summed E-state index contributed by atoms with van der Waals surface area (Å²) in [7, 11) is 3.49. The minimum atomic E-state index is -0.643. The Morgan fingerprint density at radius 1 is 1.35 bits per heavy atom. The highest BCUT2D eigenvalue weighted by Crippen LogP contribution is 2.32. The van der Waals surface area contributed by atoms with Gasteiger partial charge >= 0.3 is 0 Å². The number of methoxy groups -OCH3 is 1.